The topological polar surface area (TPSA) is 26.3 Å². The van der Waals surface area contributed by atoms with Gasteiger partial charge in [-0.3, -0.25) is 4.79 Å². The third-order valence-corrected chi connectivity index (χ3v) is 1.70. The van der Waals surface area contributed by atoms with Gasteiger partial charge in [-0.2, -0.15) is 0 Å². The van der Waals surface area contributed by atoms with Gasteiger partial charge >= 0.3 is 0 Å². The minimum atomic E-state index is 0.373. The fraction of sp³-hybridized carbons (Fsp3) is 0.222. The van der Waals surface area contributed by atoms with Crippen LogP contribution in [0.25, 0.3) is 0 Å². The van der Waals surface area contributed by atoms with Crippen LogP contribution >= 0.6 is 0 Å². The Morgan fingerprint density at radius 3 is 2.83 bits per heavy atom. The maximum atomic E-state index is 10.5. The molecule has 0 aliphatic carbocycles. The summed E-state index contributed by atoms with van der Waals surface area (Å²) in [6.45, 7) is 0. The summed E-state index contributed by atoms with van der Waals surface area (Å²) in [6, 6.07) is 5.26. The molecule has 12 heavy (non-hydrogen) atoms. The number of methoxy groups -OCH3 is 1. The number of ether oxygens (including phenoxy) is 1. The molecule has 0 heterocycles. The maximum Gasteiger partial charge on any atom is 0.150 e. The molecule has 0 atom stereocenters. The van der Waals surface area contributed by atoms with E-state index in [9.17, 15) is 4.79 Å². The zero-order chi connectivity index (χ0) is 8.97. The standard InChI is InChI=1S/C9H9BO2/c1-12-9-3-2-7(5-10)8(4-9)6-11/h2-4,6H,5H2,1H3. The number of carbonyl (C=O) groups is 1. The molecule has 1 aromatic rings. The van der Waals surface area contributed by atoms with Gasteiger partial charge < -0.3 is 4.74 Å². The van der Waals surface area contributed by atoms with Gasteiger partial charge in [0.1, 0.15) is 12.0 Å². The van der Waals surface area contributed by atoms with E-state index < -0.39 is 0 Å². The quantitative estimate of drug-likeness (QED) is 0.490. The van der Waals surface area contributed by atoms with E-state index in [-0.39, 0.29) is 0 Å². The lowest BCUT2D eigenvalue weighted by Crippen LogP contribution is -1.93. The average Bonchev–Trinajstić information content (AvgIpc) is 2.16. The Labute approximate surface area is 73.0 Å². The van der Waals surface area contributed by atoms with Crippen molar-refractivity contribution in [2.24, 2.45) is 0 Å². The Bertz CT molecular complexity index is 284. The van der Waals surface area contributed by atoms with E-state index >= 15 is 0 Å². The Morgan fingerprint density at radius 2 is 2.33 bits per heavy atom. The van der Waals surface area contributed by atoms with E-state index in [1.54, 1.807) is 25.3 Å². The molecule has 0 fully saturated rings. The smallest absolute Gasteiger partial charge is 0.150 e. The minimum absolute atomic E-state index is 0.373. The predicted molar refractivity (Wildman–Crippen MR) is 47.8 cm³/mol. The van der Waals surface area contributed by atoms with Crippen molar-refractivity contribution in [2.45, 2.75) is 6.32 Å². The average molecular weight is 160 g/mol. The van der Waals surface area contributed by atoms with Crippen LogP contribution in [0, 0.1) is 0 Å². The summed E-state index contributed by atoms with van der Waals surface area (Å²) < 4.78 is 4.96. The number of rotatable bonds is 3. The van der Waals surface area contributed by atoms with Crippen LogP contribution in [0.4, 0.5) is 0 Å². The first-order valence-electron chi connectivity index (χ1n) is 3.64. The summed E-state index contributed by atoms with van der Waals surface area (Å²) in [5.74, 6) is 0.675. The van der Waals surface area contributed by atoms with Crippen LogP contribution in [0.2, 0.25) is 0 Å². The highest BCUT2D eigenvalue weighted by molar-refractivity contribution is 6.09. The molecular weight excluding hydrogens is 151 g/mol. The van der Waals surface area contributed by atoms with Crippen molar-refractivity contribution in [3.05, 3.63) is 29.3 Å². The number of hydrogen-bond acceptors (Lipinski definition) is 2. The molecule has 0 aromatic heterocycles. The van der Waals surface area contributed by atoms with Gasteiger partial charge in [0.05, 0.1) is 15.0 Å². The summed E-state index contributed by atoms with van der Waals surface area (Å²) in [6.07, 6.45) is 1.16. The SMILES string of the molecule is [B]Cc1ccc(OC)cc1C=O. The van der Waals surface area contributed by atoms with Gasteiger partial charge in [-0.1, -0.05) is 12.4 Å². The fourth-order valence-electron chi connectivity index (χ4n) is 0.996. The molecule has 0 unspecified atom stereocenters. The normalized spacial score (nSPS) is 9.42. The summed E-state index contributed by atoms with van der Waals surface area (Å²) in [7, 11) is 6.98. The molecule has 2 nitrogen and oxygen atoms in total. The van der Waals surface area contributed by atoms with Crippen LogP contribution in [0.3, 0.4) is 0 Å². The van der Waals surface area contributed by atoms with Crippen molar-refractivity contribution in [1.29, 1.82) is 0 Å². The molecule has 0 saturated carbocycles. The molecule has 0 aliphatic rings. The van der Waals surface area contributed by atoms with Gasteiger partial charge in [0.2, 0.25) is 0 Å². The van der Waals surface area contributed by atoms with Crippen molar-refractivity contribution in [3.8, 4) is 5.75 Å². The van der Waals surface area contributed by atoms with Gasteiger partial charge in [-0.25, -0.2) is 0 Å². The summed E-state index contributed by atoms with van der Waals surface area (Å²) in [4.78, 5) is 10.5. The predicted octanol–water partition coefficient (Wildman–Crippen LogP) is 1.18. The summed E-state index contributed by atoms with van der Waals surface area (Å²) in [5.41, 5.74) is 1.43. The van der Waals surface area contributed by atoms with E-state index in [1.807, 2.05) is 0 Å². The van der Waals surface area contributed by atoms with E-state index in [2.05, 4.69) is 0 Å². The van der Waals surface area contributed by atoms with Crippen molar-refractivity contribution in [1.82, 2.24) is 0 Å². The Morgan fingerprint density at radius 1 is 1.58 bits per heavy atom. The second kappa shape index (κ2) is 3.95. The third-order valence-electron chi connectivity index (χ3n) is 1.70. The van der Waals surface area contributed by atoms with E-state index in [0.717, 1.165) is 11.8 Å². The highest BCUT2D eigenvalue weighted by Crippen LogP contribution is 2.15. The second-order valence-corrected chi connectivity index (χ2v) is 2.39. The van der Waals surface area contributed by atoms with Gasteiger partial charge in [-0.05, 0) is 17.7 Å². The van der Waals surface area contributed by atoms with Crippen LogP contribution in [-0.4, -0.2) is 21.2 Å². The number of hydrogen-bond donors (Lipinski definition) is 0. The summed E-state index contributed by atoms with van der Waals surface area (Å²) >= 11 is 0. The zero-order valence-corrected chi connectivity index (χ0v) is 6.91. The molecule has 0 amide bonds. The van der Waals surface area contributed by atoms with Gasteiger partial charge in [0, 0.05) is 5.56 Å². The van der Waals surface area contributed by atoms with Crippen molar-refractivity contribution in [2.75, 3.05) is 7.11 Å². The molecule has 3 heteroatoms. The molecule has 0 spiro atoms. The zero-order valence-electron chi connectivity index (χ0n) is 6.91. The van der Waals surface area contributed by atoms with E-state index in [0.29, 0.717) is 17.6 Å². The molecule has 0 bridgehead atoms. The van der Waals surface area contributed by atoms with Crippen LogP contribution in [0.1, 0.15) is 15.9 Å². The molecule has 0 saturated heterocycles. The Hall–Kier alpha value is -1.25. The van der Waals surface area contributed by atoms with E-state index in [1.165, 1.54) is 0 Å². The largest absolute Gasteiger partial charge is 0.497 e. The first-order valence-corrected chi connectivity index (χ1v) is 3.64. The second-order valence-electron chi connectivity index (χ2n) is 2.39. The van der Waals surface area contributed by atoms with Crippen molar-refractivity contribution in [3.63, 3.8) is 0 Å². The lowest BCUT2D eigenvalue weighted by Gasteiger charge is -2.04. The highest BCUT2D eigenvalue weighted by atomic mass is 16.5. The van der Waals surface area contributed by atoms with Gasteiger partial charge in [0.15, 0.2) is 0 Å². The highest BCUT2D eigenvalue weighted by Gasteiger charge is 2.00. The monoisotopic (exact) mass is 160 g/mol. The van der Waals surface area contributed by atoms with Crippen LogP contribution in [-0.2, 0) is 6.32 Å². The summed E-state index contributed by atoms with van der Waals surface area (Å²) in [5, 5.41) is 0. The van der Waals surface area contributed by atoms with Gasteiger partial charge in [-0.15, -0.1) is 0 Å². The number of benzene rings is 1. The van der Waals surface area contributed by atoms with Crippen molar-refractivity contribution >= 4 is 14.1 Å². The molecule has 2 radical (unpaired) electrons. The number of aldehydes is 1. The third kappa shape index (κ3) is 1.67. The first-order chi connectivity index (χ1) is 5.81. The maximum absolute atomic E-state index is 10.5. The van der Waals surface area contributed by atoms with E-state index in [4.69, 9.17) is 12.6 Å². The van der Waals surface area contributed by atoms with Crippen LogP contribution in [0.5, 0.6) is 5.75 Å². The van der Waals surface area contributed by atoms with Gasteiger partial charge in [0.25, 0.3) is 0 Å². The first kappa shape index (κ1) is 8.85. The molecule has 60 valence electrons. The molecule has 1 rings (SSSR count). The lowest BCUT2D eigenvalue weighted by molar-refractivity contribution is 0.112. The lowest BCUT2D eigenvalue weighted by atomic mass is 9.93. The van der Waals surface area contributed by atoms with Crippen molar-refractivity contribution < 1.29 is 9.53 Å². The molecule has 0 aliphatic heterocycles. The Balaban J connectivity index is 3.10. The molecule has 1 aromatic carbocycles. The molecular formula is C9H9BO2. The Kier molecular flexibility index (Phi) is 2.91. The van der Waals surface area contributed by atoms with Crippen LogP contribution < -0.4 is 4.74 Å². The fourth-order valence-corrected chi connectivity index (χ4v) is 0.996. The molecule has 0 N–H and O–H groups in total. The minimum Gasteiger partial charge on any atom is -0.497 e. The number of carbonyl (C=O) groups excluding carboxylic acids is 1. The van der Waals surface area contributed by atoms with Crippen LogP contribution in [0.15, 0.2) is 18.2 Å².